The average Bonchev–Trinajstić information content (AvgIpc) is 3.11. The van der Waals surface area contributed by atoms with Crippen LogP contribution in [0.25, 0.3) is 0 Å². The van der Waals surface area contributed by atoms with Crippen molar-refractivity contribution in [1.82, 2.24) is 14.8 Å². The van der Waals surface area contributed by atoms with Crippen molar-refractivity contribution < 1.29 is 18.3 Å². The Bertz CT molecular complexity index is 1060. The summed E-state index contributed by atoms with van der Waals surface area (Å²) in [5, 5.41) is 11.3. The Labute approximate surface area is 177 Å². The predicted octanol–water partition coefficient (Wildman–Crippen LogP) is 4.50. The smallest absolute Gasteiger partial charge is 0.234 e. The molecule has 0 aliphatic rings. The third-order valence-corrected chi connectivity index (χ3v) is 5.46. The van der Waals surface area contributed by atoms with E-state index in [1.807, 2.05) is 43.5 Å². The highest BCUT2D eigenvalue weighted by Gasteiger charge is 2.15. The third kappa shape index (κ3) is 5.35. The van der Waals surface area contributed by atoms with Crippen molar-refractivity contribution in [2.75, 3.05) is 11.1 Å². The monoisotopic (exact) mass is 432 g/mol. The summed E-state index contributed by atoms with van der Waals surface area (Å²) in [5.74, 6) is -0.555. The minimum Gasteiger partial charge on any atom is -0.486 e. The van der Waals surface area contributed by atoms with E-state index in [2.05, 4.69) is 15.5 Å². The fraction of sp³-hybridized carbons (Fsp3) is 0.286. The number of ether oxygens (including phenoxy) is 1. The van der Waals surface area contributed by atoms with E-state index in [0.717, 1.165) is 23.4 Å². The van der Waals surface area contributed by atoms with Gasteiger partial charge in [0.2, 0.25) is 5.91 Å². The fourth-order valence-corrected chi connectivity index (χ4v) is 3.53. The first-order valence-corrected chi connectivity index (χ1v) is 10.4. The summed E-state index contributed by atoms with van der Waals surface area (Å²) in [6.07, 6.45) is 0. The third-order valence-electron chi connectivity index (χ3n) is 4.49. The average molecular weight is 432 g/mol. The molecule has 158 valence electrons. The summed E-state index contributed by atoms with van der Waals surface area (Å²) in [6.45, 7) is 6.86. The Kier molecular flexibility index (Phi) is 7.04. The molecule has 0 bridgehead atoms. The molecule has 0 fully saturated rings. The van der Waals surface area contributed by atoms with Crippen molar-refractivity contribution in [3.05, 3.63) is 65.0 Å². The standard InChI is InChI=1S/C21H22F2N4O2S/c1-4-27-19(11-29-16-7-5-13(2)14(3)9-16)25-26-21(27)30-12-20(28)24-18-8-6-15(22)10-17(18)23/h5-10H,4,11-12H2,1-3H3,(H,24,28). The van der Waals surface area contributed by atoms with E-state index in [1.165, 1.54) is 23.4 Å². The zero-order chi connectivity index (χ0) is 21.7. The van der Waals surface area contributed by atoms with Gasteiger partial charge in [-0.1, -0.05) is 17.8 Å². The Hall–Kier alpha value is -2.94. The number of amides is 1. The lowest BCUT2D eigenvalue weighted by Gasteiger charge is -2.10. The summed E-state index contributed by atoms with van der Waals surface area (Å²) >= 11 is 1.18. The Morgan fingerprint density at radius 3 is 2.63 bits per heavy atom. The van der Waals surface area contributed by atoms with E-state index in [9.17, 15) is 13.6 Å². The van der Waals surface area contributed by atoms with Crippen LogP contribution in [0.4, 0.5) is 14.5 Å². The molecular formula is C21H22F2N4O2S. The van der Waals surface area contributed by atoms with Crippen molar-refractivity contribution >= 4 is 23.4 Å². The van der Waals surface area contributed by atoms with Gasteiger partial charge in [-0.25, -0.2) is 8.78 Å². The summed E-state index contributed by atoms with van der Waals surface area (Å²) in [7, 11) is 0. The largest absolute Gasteiger partial charge is 0.486 e. The number of hydrogen-bond donors (Lipinski definition) is 1. The second-order valence-corrected chi connectivity index (χ2v) is 7.58. The molecule has 1 amide bonds. The molecular weight excluding hydrogens is 410 g/mol. The number of thioether (sulfide) groups is 1. The molecule has 30 heavy (non-hydrogen) atoms. The van der Waals surface area contributed by atoms with Gasteiger partial charge in [0.05, 0.1) is 11.4 Å². The number of carbonyl (C=O) groups excluding carboxylic acids is 1. The number of aromatic nitrogens is 3. The molecule has 6 nitrogen and oxygen atoms in total. The fourth-order valence-electron chi connectivity index (χ4n) is 2.71. The number of carbonyl (C=O) groups is 1. The zero-order valence-corrected chi connectivity index (χ0v) is 17.7. The highest BCUT2D eigenvalue weighted by Crippen LogP contribution is 2.21. The maximum Gasteiger partial charge on any atom is 0.234 e. The number of hydrogen-bond acceptors (Lipinski definition) is 5. The van der Waals surface area contributed by atoms with E-state index in [-0.39, 0.29) is 18.0 Å². The Morgan fingerprint density at radius 1 is 1.13 bits per heavy atom. The number of nitrogens with one attached hydrogen (secondary N) is 1. The molecule has 0 spiro atoms. The summed E-state index contributed by atoms with van der Waals surface area (Å²) in [6, 6.07) is 8.86. The van der Waals surface area contributed by atoms with E-state index in [1.54, 1.807) is 0 Å². The van der Waals surface area contributed by atoms with Gasteiger partial charge >= 0.3 is 0 Å². The molecule has 0 unspecified atom stereocenters. The van der Waals surface area contributed by atoms with Crippen LogP contribution in [0.2, 0.25) is 0 Å². The van der Waals surface area contributed by atoms with Crippen LogP contribution in [0.3, 0.4) is 0 Å². The minimum atomic E-state index is -0.823. The molecule has 1 heterocycles. The first-order valence-electron chi connectivity index (χ1n) is 9.37. The number of aryl methyl sites for hydroxylation is 2. The molecule has 0 aliphatic carbocycles. The van der Waals surface area contributed by atoms with Gasteiger partial charge in [0.15, 0.2) is 11.0 Å². The van der Waals surface area contributed by atoms with Crippen LogP contribution in [0.15, 0.2) is 41.6 Å². The van der Waals surface area contributed by atoms with Crippen molar-refractivity contribution in [3.8, 4) is 5.75 Å². The zero-order valence-electron chi connectivity index (χ0n) is 16.9. The van der Waals surface area contributed by atoms with E-state index < -0.39 is 17.5 Å². The molecule has 2 aromatic carbocycles. The molecule has 0 aliphatic heterocycles. The van der Waals surface area contributed by atoms with Crippen LogP contribution in [0, 0.1) is 25.5 Å². The van der Waals surface area contributed by atoms with Gasteiger partial charge in [-0.3, -0.25) is 4.79 Å². The normalized spacial score (nSPS) is 10.8. The second-order valence-electron chi connectivity index (χ2n) is 6.64. The number of rotatable bonds is 8. The van der Waals surface area contributed by atoms with Crippen LogP contribution in [0.1, 0.15) is 23.9 Å². The molecule has 1 aromatic heterocycles. The summed E-state index contributed by atoms with van der Waals surface area (Å²) < 4.78 is 34.3. The number of benzene rings is 2. The van der Waals surface area contributed by atoms with Gasteiger partial charge in [-0.05, 0) is 56.2 Å². The van der Waals surface area contributed by atoms with Crippen LogP contribution in [-0.2, 0) is 17.9 Å². The summed E-state index contributed by atoms with van der Waals surface area (Å²) in [4.78, 5) is 12.1. The molecule has 9 heteroatoms. The van der Waals surface area contributed by atoms with Crippen LogP contribution >= 0.6 is 11.8 Å². The molecule has 0 saturated carbocycles. The molecule has 0 radical (unpaired) electrons. The minimum absolute atomic E-state index is 0.00691. The van der Waals surface area contributed by atoms with Gasteiger partial charge in [0.1, 0.15) is 24.0 Å². The van der Waals surface area contributed by atoms with E-state index >= 15 is 0 Å². The quantitative estimate of drug-likeness (QED) is 0.531. The molecule has 0 atom stereocenters. The Morgan fingerprint density at radius 2 is 1.93 bits per heavy atom. The van der Waals surface area contributed by atoms with E-state index in [4.69, 9.17) is 4.74 Å². The van der Waals surface area contributed by atoms with Gasteiger partial charge in [-0.15, -0.1) is 10.2 Å². The maximum atomic E-state index is 13.7. The van der Waals surface area contributed by atoms with Gasteiger partial charge in [-0.2, -0.15) is 0 Å². The van der Waals surface area contributed by atoms with Crippen molar-refractivity contribution in [1.29, 1.82) is 0 Å². The second kappa shape index (κ2) is 9.71. The van der Waals surface area contributed by atoms with Crippen LogP contribution in [-0.4, -0.2) is 26.4 Å². The van der Waals surface area contributed by atoms with Crippen molar-refractivity contribution in [2.45, 2.75) is 39.1 Å². The first-order chi connectivity index (χ1) is 14.4. The van der Waals surface area contributed by atoms with E-state index in [0.29, 0.717) is 17.5 Å². The lowest BCUT2D eigenvalue weighted by Crippen LogP contribution is -2.16. The van der Waals surface area contributed by atoms with Crippen molar-refractivity contribution in [2.24, 2.45) is 0 Å². The summed E-state index contributed by atoms with van der Waals surface area (Å²) in [5.41, 5.74) is 2.27. The maximum absolute atomic E-state index is 13.7. The lowest BCUT2D eigenvalue weighted by atomic mass is 10.1. The highest BCUT2D eigenvalue weighted by atomic mass is 32.2. The molecule has 3 aromatic rings. The van der Waals surface area contributed by atoms with Gasteiger partial charge in [0.25, 0.3) is 0 Å². The first kappa shape index (κ1) is 21.8. The Balaban J connectivity index is 1.59. The number of anilines is 1. The van der Waals surface area contributed by atoms with Gasteiger partial charge in [0, 0.05) is 12.6 Å². The molecule has 0 saturated heterocycles. The predicted molar refractivity (Wildman–Crippen MR) is 112 cm³/mol. The number of nitrogens with zero attached hydrogens (tertiary/aromatic N) is 3. The van der Waals surface area contributed by atoms with Crippen molar-refractivity contribution in [3.63, 3.8) is 0 Å². The van der Waals surface area contributed by atoms with Crippen LogP contribution in [0.5, 0.6) is 5.75 Å². The highest BCUT2D eigenvalue weighted by molar-refractivity contribution is 7.99. The molecule has 3 rings (SSSR count). The topological polar surface area (TPSA) is 69.0 Å². The SMILES string of the molecule is CCn1c(COc2ccc(C)c(C)c2)nnc1SCC(=O)Nc1ccc(F)cc1F. The lowest BCUT2D eigenvalue weighted by molar-refractivity contribution is -0.113. The number of halogens is 2. The van der Waals surface area contributed by atoms with Gasteiger partial charge < -0.3 is 14.6 Å². The molecule has 1 N–H and O–H groups in total. The van der Waals surface area contributed by atoms with Crippen LogP contribution < -0.4 is 10.1 Å².